The fourth-order valence-corrected chi connectivity index (χ4v) is 1.59. The van der Waals surface area contributed by atoms with E-state index < -0.39 is 5.97 Å². The van der Waals surface area contributed by atoms with Crippen LogP contribution in [-0.4, -0.2) is 5.97 Å². The molecule has 0 unspecified atom stereocenters. The Bertz CT molecular complexity index is 382. The maximum atomic E-state index is 10.9. The lowest BCUT2D eigenvalue weighted by Gasteiger charge is -2.09. The van der Waals surface area contributed by atoms with Crippen LogP contribution in [0.1, 0.15) is 39.0 Å². The molecule has 98 valence electrons. The number of ether oxygens (including phenoxy) is 1. The van der Waals surface area contributed by atoms with Crippen molar-refractivity contribution in [2.45, 2.75) is 39.0 Å². The Labute approximate surface area is 108 Å². The molecule has 0 bridgehead atoms. The highest BCUT2D eigenvalue weighted by atomic mass is 16.5. The van der Waals surface area contributed by atoms with Crippen LogP contribution in [0.3, 0.4) is 0 Å². The molecule has 0 aromatic heterocycles. The molecule has 0 N–H and O–H groups in total. The number of hydrogen-bond acceptors (Lipinski definition) is 3. The molecule has 1 rings (SSSR count). The van der Waals surface area contributed by atoms with E-state index in [-0.39, 0.29) is 5.57 Å². The lowest BCUT2D eigenvalue weighted by atomic mass is 10.1. The monoisotopic (exact) mass is 247 g/mol. The van der Waals surface area contributed by atoms with Gasteiger partial charge in [-0.15, -0.1) is 0 Å². The average molecular weight is 247 g/mol. The van der Waals surface area contributed by atoms with Crippen molar-refractivity contribution in [3.8, 4) is 5.75 Å². The van der Waals surface area contributed by atoms with Crippen LogP contribution in [0.25, 0.3) is 0 Å². The molecule has 0 radical (unpaired) electrons. The Kier molecular flexibility index (Phi) is 6.62. The number of unbranched alkanes of at least 4 members (excludes halogenated alkanes) is 3. The number of carboxylic acid groups (broad SMARTS) is 1. The minimum absolute atomic E-state index is 0.218. The number of carbonyl (C=O) groups excluding carboxylic acids is 1. The maximum Gasteiger partial charge on any atom is 0.126 e. The van der Waals surface area contributed by atoms with Crippen LogP contribution in [0.15, 0.2) is 42.2 Å². The van der Waals surface area contributed by atoms with Crippen molar-refractivity contribution in [2.24, 2.45) is 0 Å². The minimum atomic E-state index is -1.15. The van der Waals surface area contributed by atoms with Crippen LogP contribution in [0.5, 0.6) is 5.75 Å². The summed E-state index contributed by atoms with van der Waals surface area (Å²) >= 11 is 0. The predicted molar refractivity (Wildman–Crippen MR) is 68.9 cm³/mol. The highest BCUT2D eigenvalue weighted by Crippen LogP contribution is 2.13. The standard InChI is InChI=1S/C15H20O3/c1-2-3-4-6-9-13(15(16)17)12-18-14-10-7-5-8-11-14/h5,7-8,10-12H,2-4,6,9H2,1H3,(H,16,17)/p-1/b13-12-. The van der Waals surface area contributed by atoms with Gasteiger partial charge >= 0.3 is 0 Å². The molecule has 18 heavy (non-hydrogen) atoms. The molecular weight excluding hydrogens is 228 g/mol. The minimum Gasteiger partial charge on any atom is -0.545 e. The summed E-state index contributed by atoms with van der Waals surface area (Å²) in [5.74, 6) is -0.521. The number of para-hydroxylation sites is 1. The third-order valence-corrected chi connectivity index (χ3v) is 2.64. The molecule has 0 aliphatic carbocycles. The van der Waals surface area contributed by atoms with Crippen molar-refractivity contribution >= 4 is 5.97 Å². The largest absolute Gasteiger partial charge is 0.545 e. The summed E-state index contributed by atoms with van der Waals surface area (Å²) in [7, 11) is 0. The zero-order valence-corrected chi connectivity index (χ0v) is 10.7. The van der Waals surface area contributed by atoms with Crippen LogP contribution in [0.2, 0.25) is 0 Å². The van der Waals surface area contributed by atoms with Gasteiger partial charge in [0.05, 0.1) is 12.2 Å². The Morgan fingerprint density at radius 1 is 1.22 bits per heavy atom. The van der Waals surface area contributed by atoms with Crippen molar-refractivity contribution in [2.75, 3.05) is 0 Å². The average Bonchev–Trinajstić information content (AvgIpc) is 2.38. The normalized spacial score (nSPS) is 11.3. The van der Waals surface area contributed by atoms with Gasteiger partial charge in [0.2, 0.25) is 0 Å². The van der Waals surface area contributed by atoms with Crippen LogP contribution < -0.4 is 9.84 Å². The molecule has 1 aromatic rings. The Morgan fingerprint density at radius 3 is 2.56 bits per heavy atom. The second kappa shape index (κ2) is 8.34. The molecule has 1 aromatic carbocycles. The van der Waals surface area contributed by atoms with Crippen molar-refractivity contribution < 1.29 is 14.6 Å². The zero-order valence-electron chi connectivity index (χ0n) is 10.7. The number of carbonyl (C=O) groups is 1. The second-order valence-corrected chi connectivity index (χ2v) is 4.17. The Hall–Kier alpha value is -1.77. The lowest BCUT2D eigenvalue weighted by molar-refractivity contribution is -0.299. The summed E-state index contributed by atoms with van der Waals surface area (Å²) in [6, 6.07) is 9.11. The van der Waals surface area contributed by atoms with Gasteiger partial charge in [-0.3, -0.25) is 0 Å². The van der Waals surface area contributed by atoms with Gasteiger partial charge in [0, 0.05) is 5.57 Å². The summed E-state index contributed by atoms with van der Waals surface area (Å²) in [4.78, 5) is 10.9. The molecule has 0 heterocycles. The summed E-state index contributed by atoms with van der Waals surface area (Å²) < 4.78 is 5.30. The van der Waals surface area contributed by atoms with Crippen LogP contribution in [0, 0.1) is 0 Å². The van der Waals surface area contributed by atoms with Crippen molar-refractivity contribution in [1.82, 2.24) is 0 Å². The quantitative estimate of drug-likeness (QED) is 0.403. The van der Waals surface area contributed by atoms with Crippen molar-refractivity contribution in [3.63, 3.8) is 0 Å². The molecule has 0 amide bonds. The molecule has 0 aliphatic rings. The van der Waals surface area contributed by atoms with Gasteiger partial charge in [0.1, 0.15) is 5.75 Å². The van der Waals surface area contributed by atoms with Crippen LogP contribution in [-0.2, 0) is 4.79 Å². The van der Waals surface area contributed by atoms with Gasteiger partial charge in [0.15, 0.2) is 0 Å². The second-order valence-electron chi connectivity index (χ2n) is 4.17. The summed E-state index contributed by atoms with van der Waals surface area (Å²) in [5, 5.41) is 10.9. The Morgan fingerprint density at radius 2 is 1.94 bits per heavy atom. The van der Waals surface area contributed by atoms with Gasteiger partial charge in [0.25, 0.3) is 0 Å². The molecular formula is C15H19O3-. The van der Waals surface area contributed by atoms with E-state index in [0.29, 0.717) is 12.2 Å². The number of carboxylic acids is 1. The van der Waals surface area contributed by atoms with Crippen LogP contribution in [0.4, 0.5) is 0 Å². The molecule has 3 nitrogen and oxygen atoms in total. The lowest BCUT2D eigenvalue weighted by Crippen LogP contribution is -2.24. The predicted octanol–water partition coefficient (Wildman–Crippen LogP) is 2.67. The topological polar surface area (TPSA) is 49.4 Å². The van der Waals surface area contributed by atoms with Gasteiger partial charge in [-0.05, 0) is 25.0 Å². The molecule has 0 saturated heterocycles. The van der Waals surface area contributed by atoms with Gasteiger partial charge in [-0.1, -0.05) is 44.4 Å². The third kappa shape index (κ3) is 5.53. The molecule has 0 spiro atoms. The smallest absolute Gasteiger partial charge is 0.126 e. The highest BCUT2D eigenvalue weighted by Gasteiger charge is 2.00. The van der Waals surface area contributed by atoms with Crippen molar-refractivity contribution in [1.29, 1.82) is 0 Å². The summed E-state index contributed by atoms with van der Waals surface area (Å²) in [6.45, 7) is 2.12. The SMILES string of the molecule is CCCCCC/C(=C/Oc1ccccc1)C(=O)[O-]. The number of aliphatic carboxylic acids is 1. The fraction of sp³-hybridized carbons (Fsp3) is 0.400. The first-order valence-corrected chi connectivity index (χ1v) is 6.36. The van der Waals surface area contributed by atoms with Gasteiger partial charge in [-0.25, -0.2) is 0 Å². The van der Waals surface area contributed by atoms with E-state index in [1.54, 1.807) is 12.1 Å². The first kappa shape index (κ1) is 14.3. The van der Waals surface area contributed by atoms with E-state index in [1.807, 2.05) is 18.2 Å². The number of benzene rings is 1. The van der Waals surface area contributed by atoms with Crippen molar-refractivity contribution in [3.05, 3.63) is 42.2 Å². The van der Waals surface area contributed by atoms with E-state index >= 15 is 0 Å². The first-order valence-electron chi connectivity index (χ1n) is 6.36. The molecule has 0 saturated carbocycles. The van der Waals surface area contributed by atoms with E-state index in [4.69, 9.17) is 4.74 Å². The van der Waals surface area contributed by atoms with Gasteiger partial charge < -0.3 is 14.6 Å². The number of rotatable bonds is 8. The fourth-order valence-electron chi connectivity index (χ4n) is 1.59. The first-order chi connectivity index (χ1) is 8.74. The number of hydrogen-bond donors (Lipinski definition) is 0. The molecule has 0 aliphatic heterocycles. The van der Waals surface area contributed by atoms with E-state index in [2.05, 4.69) is 6.92 Å². The van der Waals surface area contributed by atoms with E-state index in [0.717, 1.165) is 25.7 Å². The molecule has 0 atom stereocenters. The maximum absolute atomic E-state index is 10.9. The molecule has 3 heteroatoms. The summed E-state index contributed by atoms with van der Waals surface area (Å²) in [6.07, 6.45) is 5.93. The van der Waals surface area contributed by atoms with Gasteiger partial charge in [-0.2, -0.15) is 0 Å². The van der Waals surface area contributed by atoms with E-state index in [1.165, 1.54) is 6.26 Å². The third-order valence-electron chi connectivity index (χ3n) is 2.64. The summed E-state index contributed by atoms with van der Waals surface area (Å²) in [5.41, 5.74) is 0.218. The highest BCUT2D eigenvalue weighted by molar-refractivity contribution is 5.84. The Balaban J connectivity index is 2.48. The van der Waals surface area contributed by atoms with Crippen LogP contribution >= 0.6 is 0 Å². The zero-order chi connectivity index (χ0) is 13.2. The molecule has 0 fully saturated rings. The van der Waals surface area contributed by atoms with E-state index in [9.17, 15) is 9.90 Å².